The maximum absolute atomic E-state index is 11.7. The van der Waals surface area contributed by atoms with Crippen molar-refractivity contribution in [2.75, 3.05) is 43.9 Å². The molecule has 1 unspecified atom stereocenters. The highest BCUT2D eigenvalue weighted by molar-refractivity contribution is 8.00. The van der Waals surface area contributed by atoms with Crippen LogP contribution in [-0.2, 0) is 9.84 Å². The highest BCUT2D eigenvalue weighted by Gasteiger charge is 2.30. The molecule has 1 aliphatic heterocycles. The van der Waals surface area contributed by atoms with Gasteiger partial charge in [-0.2, -0.15) is 11.8 Å². The lowest BCUT2D eigenvalue weighted by atomic mass is 10.4. The predicted molar refractivity (Wildman–Crippen MR) is 73.1 cm³/mol. The minimum Gasteiger partial charge on any atom is -0.315 e. The lowest BCUT2D eigenvalue weighted by Crippen LogP contribution is -2.49. The second kappa shape index (κ2) is 5.91. The first-order chi connectivity index (χ1) is 8.07. The molecule has 2 aliphatic rings. The molecular weight excluding hydrogens is 256 g/mol. The largest absolute Gasteiger partial charge is 0.315 e. The maximum atomic E-state index is 11.7. The normalized spacial score (nSPS) is 27.2. The molecule has 1 aliphatic carbocycles. The summed E-state index contributed by atoms with van der Waals surface area (Å²) in [5.41, 5.74) is 0. The summed E-state index contributed by atoms with van der Waals surface area (Å²) >= 11 is 1.75. The van der Waals surface area contributed by atoms with Crippen LogP contribution >= 0.6 is 11.8 Å². The van der Waals surface area contributed by atoms with Crippen molar-refractivity contribution in [3.63, 3.8) is 0 Å². The average molecular weight is 278 g/mol. The molecule has 17 heavy (non-hydrogen) atoms. The van der Waals surface area contributed by atoms with Gasteiger partial charge in [-0.05, 0) is 25.3 Å². The molecule has 100 valence electrons. The summed E-state index contributed by atoms with van der Waals surface area (Å²) in [5, 5.41) is 3.15. The molecule has 0 spiro atoms. The van der Waals surface area contributed by atoms with Crippen molar-refractivity contribution >= 4 is 21.6 Å². The molecule has 1 heterocycles. The average Bonchev–Trinajstić information content (AvgIpc) is 3.07. The standard InChI is InChI=1S/C11H22N2O2S2/c1-17(14,15)11-9-16-7-6-13(11)5-4-12-8-10-2-3-10/h10-12H,2-9H2,1H3. The predicted octanol–water partition coefficient (Wildman–Crippen LogP) is 0.406. The van der Waals surface area contributed by atoms with Crippen molar-refractivity contribution in [2.24, 2.45) is 5.92 Å². The van der Waals surface area contributed by atoms with Gasteiger partial charge in [-0.25, -0.2) is 8.42 Å². The Labute approximate surface area is 108 Å². The number of nitrogens with one attached hydrogen (secondary N) is 1. The maximum Gasteiger partial charge on any atom is 0.164 e. The third-order valence-electron chi connectivity index (χ3n) is 3.39. The van der Waals surface area contributed by atoms with E-state index in [1.165, 1.54) is 19.1 Å². The molecule has 2 rings (SSSR count). The Kier molecular flexibility index (Phi) is 4.74. The van der Waals surface area contributed by atoms with Gasteiger partial charge in [0.2, 0.25) is 0 Å². The summed E-state index contributed by atoms with van der Waals surface area (Å²) in [7, 11) is -2.94. The van der Waals surface area contributed by atoms with Crippen LogP contribution in [0.3, 0.4) is 0 Å². The Morgan fingerprint density at radius 2 is 2.18 bits per heavy atom. The first-order valence-electron chi connectivity index (χ1n) is 6.29. The van der Waals surface area contributed by atoms with E-state index < -0.39 is 9.84 Å². The van der Waals surface area contributed by atoms with Gasteiger partial charge in [-0.1, -0.05) is 0 Å². The van der Waals surface area contributed by atoms with Crippen LogP contribution < -0.4 is 5.32 Å². The lowest BCUT2D eigenvalue weighted by molar-refractivity contribution is 0.270. The third-order valence-corrected chi connectivity index (χ3v) is 6.08. The van der Waals surface area contributed by atoms with Crippen molar-refractivity contribution in [2.45, 2.75) is 18.2 Å². The molecule has 0 aromatic heterocycles. The Hall–Kier alpha value is 0.220. The van der Waals surface area contributed by atoms with Gasteiger partial charge in [0.15, 0.2) is 9.84 Å². The van der Waals surface area contributed by atoms with Gasteiger partial charge < -0.3 is 5.32 Å². The molecule has 0 radical (unpaired) electrons. The number of hydrogen-bond donors (Lipinski definition) is 1. The van der Waals surface area contributed by atoms with E-state index in [1.54, 1.807) is 11.8 Å². The van der Waals surface area contributed by atoms with Gasteiger partial charge in [0, 0.05) is 37.4 Å². The summed E-state index contributed by atoms with van der Waals surface area (Å²) in [4.78, 5) is 2.12. The van der Waals surface area contributed by atoms with Crippen LogP contribution in [-0.4, -0.2) is 62.6 Å². The van der Waals surface area contributed by atoms with Crippen LogP contribution in [0.25, 0.3) is 0 Å². The van der Waals surface area contributed by atoms with E-state index in [0.29, 0.717) is 0 Å². The Balaban J connectivity index is 1.75. The smallest absolute Gasteiger partial charge is 0.164 e. The van der Waals surface area contributed by atoms with Crippen LogP contribution in [0.5, 0.6) is 0 Å². The van der Waals surface area contributed by atoms with Gasteiger partial charge in [0.1, 0.15) is 5.37 Å². The summed E-state index contributed by atoms with van der Waals surface area (Å²) in [6.45, 7) is 3.76. The molecule has 0 bridgehead atoms. The minimum atomic E-state index is -2.94. The van der Waals surface area contributed by atoms with Gasteiger partial charge >= 0.3 is 0 Å². The van der Waals surface area contributed by atoms with Gasteiger partial charge in [-0.15, -0.1) is 0 Å². The van der Waals surface area contributed by atoms with E-state index in [9.17, 15) is 8.42 Å². The lowest BCUT2D eigenvalue weighted by Gasteiger charge is -2.33. The number of rotatable bonds is 6. The first kappa shape index (κ1) is 13.6. The molecule has 0 aromatic rings. The van der Waals surface area contributed by atoms with E-state index in [2.05, 4.69) is 10.2 Å². The fourth-order valence-electron chi connectivity index (χ4n) is 2.12. The van der Waals surface area contributed by atoms with E-state index in [0.717, 1.165) is 43.6 Å². The van der Waals surface area contributed by atoms with E-state index >= 15 is 0 Å². The Morgan fingerprint density at radius 1 is 1.41 bits per heavy atom. The molecule has 1 atom stereocenters. The second-order valence-electron chi connectivity index (χ2n) is 5.04. The Morgan fingerprint density at radius 3 is 2.82 bits per heavy atom. The van der Waals surface area contributed by atoms with Gasteiger partial charge in [0.25, 0.3) is 0 Å². The van der Waals surface area contributed by atoms with Crippen molar-refractivity contribution in [3.8, 4) is 0 Å². The molecule has 1 saturated heterocycles. The van der Waals surface area contributed by atoms with Crippen molar-refractivity contribution < 1.29 is 8.42 Å². The summed E-state index contributed by atoms with van der Waals surface area (Å²) in [5.74, 6) is 2.66. The number of sulfone groups is 1. The molecule has 6 heteroatoms. The molecule has 1 saturated carbocycles. The van der Waals surface area contributed by atoms with Gasteiger partial charge in [0.05, 0.1) is 0 Å². The fourth-order valence-corrected chi connectivity index (χ4v) is 5.09. The summed E-state index contributed by atoms with van der Waals surface area (Å²) in [6.07, 6.45) is 4.08. The van der Waals surface area contributed by atoms with Crippen LogP contribution in [0.2, 0.25) is 0 Å². The van der Waals surface area contributed by atoms with E-state index in [-0.39, 0.29) is 5.37 Å². The van der Waals surface area contributed by atoms with E-state index in [4.69, 9.17) is 0 Å². The summed E-state index contributed by atoms with van der Waals surface area (Å²) in [6, 6.07) is 0. The molecule has 1 N–H and O–H groups in total. The molecule has 0 aromatic carbocycles. The quantitative estimate of drug-likeness (QED) is 0.713. The second-order valence-corrected chi connectivity index (χ2v) is 8.40. The number of hydrogen-bond acceptors (Lipinski definition) is 5. The van der Waals surface area contributed by atoms with Crippen LogP contribution in [0.4, 0.5) is 0 Å². The number of nitrogens with zero attached hydrogens (tertiary/aromatic N) is 1. The zero-order chi connectivity index (χ0) is 12.3. The molecule has 2 fully saturated rings. The van der Waals surface area contributed by atoms with Gasteiger partial charge in [-0.3, -0.25) is 4.90 Å². The van der Waals surface area contributed by atoms with Crippen LogP contribution in [0.1, 0.15) is 12.8 Å². The molecule has 0 amide bonds. The zero-order valence-electron chi connectivity index (χ0n) is 10.4. The number of thioether (sulfide) groups is 1. The fraction of sp³-hybridized carbons (Fsp3) is 1.00. The van der Waals surface area contributed by atoms with Crippen LogP contribution in [0.15, 0.2) is 0 Å². The first-order valence-corrected chi connectivity index (χ1v) is 9.39. The monoisotopic (exact) mass is 278 g/mol. The Bertz CT molecular complexity index is 341. The highest BCUT2D eigenvalue weighted by Crippen LogP contribution is 2.27. The summed E-state index contributed by atoms with van der Waals surface area (Å²) < 4.78 is 23.3. The van der Waals surface area contributed by atoms with Crippen LogP contribution in [0, 0.1) is 5.92 Å². The van der Waals surface area contributed by atoms with Crippen molar-refractivity contribution in [3.05, 3.63) is 0 Å². The zero-order valence-corrected chi connectivity index (χ0v) is 12.0. The van der Waals surface area contributed by atoms with Crippen molar-refractivity contribution in [1.29, 1.82) is 0 Å². The minimum absolute atomic E-state index is 0.274. The highest BCUT2D eigenvalue weighted by atomic mass is 32.2. The molecule has 4 nitrogen and oxygen atoms in total. The SMILES string of the molecule is CS(=O)(=O)C1CSCCN1CCNCC1CC1. The van der Waals surface area contributed by atoms with Crippen molar-refractivity contribution in [1.82, 2.24) is 10.2 Å². The molecular formula is C11H22N2O2S2. The van der Waals surface area contributed by atoms with E-state index in [1.807, 2.05) is 0 Å². The third kappa shape index (κ3) is 4.43. The topological polar surface area (TPSA) is 49.4 Å².